The van der Waals surface area contributed by atoms with Crippen LogP contribution in [-0.4, -0.2) is 25.7 Å². The summed E-state index contributed by atoms with van der Waals surface area (Å²) in [5, 5.41) is 10.4. The number of hydrogen-bond acceptors (Lipinski definition) is 2. The monoisotopic (exact) mass is 696 g/mol. The fourth-order valence-electron chi connectivity index (χ4n) is 6.23. The van der Waals surface area contributed by atoms with Crippen molar-refractivity contribution in [2.75, 3.05) is 0 Å². The zero-order valence-electron chi connectivity index (χ0n) is 28.0. The fraction of sp³-hybridized carbons (Fsp3) is 0.390. The average molecular weight is 696 g/mol. The van der Waals surface area contributed by atoms with Gasteiger partial charge in [-0.15, -0.1) is 0 Å². The average Bonchev–Trinajstić information content (AvgIpc) is 3.01. The van der Waals surface area contributed by atoms with E-state index in [1.54, 1.807) is 12.1 Å². The molecular formula is C41H52O2Sn. The molecule has 0 atom stereocenters. The molecule has 2 nitrogen and oxygen atoms in total. The van der Waals surface area contributed by atoms with Gasteiger partial charge in [-0.2, -0.15) is 0 Å². The summed E-state index contributed by atoms with van der Waals surface area (Å²) in [5.41, 5.74) is 6.60. The van der Waals surface area contributed by atoms with Gasteiger partial charge in [0.2, 0.25) is 0 Å². The summed E-state index contributed by atoms with van der Waals surface area (Å²) in [6.45, 7) is 16.9. The van der Waals surface area contributed by atoms with Gasteiger partial charge in [-0.05, 0) is 24.0 Å². The maximum absolute atomic E-state index is 10.4. The first-order valence-electron chi connectivity index (χ1n) is 16.1. The van der Waals surface area contributed by atoms with Crippen LogP contribution < -0.4 is 5.11 Å². The molecule has 4 aromatic carbocycles. The molecule has 0 aliphatic heterocycles. The summed E-state index contributed by atoms with van der Waals surface area (Å²) in [4.78, 5) is 10.4. The molecule has 0 bridgehead atoms. The summed E-state index contributed by atoms with van der Waals surface area (Å²) in [6, 6.07) is 40.4. The van der Waals surface area contributed by atoms with Crippen LogP contribution in [0.5, 0.6) is 0 Å². The number of rotatable bonds is 13. The van der Waals surface area contributed by atoms with Gasteiger partial charge in [0, 0.05) is 0 Å². The first-order chi connectivity index (χ1) is 20.8. The van der Waals surface area contributed by atoms with Crippen LogP contribution in [0.3, 0.4) is 0 Å². The number of carboxylic acid groups (broad SMARTS) is 1. The Balaban J connectivity index is 0.000000340. The van der Waals surface area contributed by atoms with Crippen molar-refractivity contribution in [1.29, 1.82) is 0 Å². The van der Waals surface area contributed by atoms with Gasteiger partial charge in [0.05, 0.1) is 5.97 Å². The van der Waals surface area contributed by atoms with Crippen LogP contribution in [0.1, 0.15) is 93.9 Å². The first-order valence-corrected chi connectivity index (χ1v) is 22.2. The minimum atomic E-state index is -1.84. The maximum Gasteiger partial charge on any atom is 0.0715 e. The van der Waals surface area contributed by atoms with Gasteiger partial charge < -0.3 is 9.90 Å². The number of carbonyl (C=O) groups is 1. The van der Waals surface area contributed by atoms with Crippen LogP contribution in [0.2, 0.25) is 13.3 Å². The van der Waals surface area contributed by atoms with Crippen LogP contribution in [0.15, 0.2) is 115 Å². The first kappa shape index (κ1) is 35.6. The van der Waals surface area contributed by atoms with E-state index in [0.29, 0.717) is 0 Å². The Morgan fingerprint density at radius 3 is 1.20 bits per heavy atom. The van der Waals surface area contributed by atoms with Crippen LogP contribution >= 0.6 is 0 Å². The second-order valence-corrected chi connectivity index (χ2v) is 21.4. The number of aryl methyl sites for hydroxylation is 1. The van der Waals surface area contributed by atoms with Crippen LogP contribution in [0.4, 0.5) is 0 Å². The van der Waals surface area contributed by atoms with Gasteiger partial charge >= 0.3 is 199 Å². The Labute approximate surface area is 274 Å². The molecule has 0 radical (unpaired) electrons. The predicted octanol–water partition coefficient (Wildman–Crippen LogP) is 9.81. The molecule has 0 amide bonds. The summed E-state index contributed by atoms with van der Waals surface area (Å²) in [6.07, 6.45) is 3.32. The second-order valence-electron chi connectivity index (χ2n) is 14.1. The number of benzene rings is 4. The van der Waals surface area contributed by atoms with Crippen molar-refractivity contribution < 1.29 is 9.90 Å². The standard InChI is InChI=1S/C11H14O2.3C10H13.Sn/c1-2-3-4-9-5-7-10(8-6-9)11(12)13;3*1-10(2,3)9-7-5-4-6-8-9;/h5-8H,2-4H2,1H3,(H,12,13);3*4-8H,1H2,2-3H3;/q;;;;+1/p-1. The van der Waals surface area contributed by atoms with Crippen molar-refractivity contribution in [3.8, 4) is 0 Å². The minimum Gasteiger partial charge on any atom is -0.545 e. The summed E-state index contributed by atoms with van der Waals surface area (Å²) < 4.78 is 4.14. The normalized spacial score (nSPS) is 11.8. The van der Waals surface area contributed by atoms with Crippen molar-refractivity contribution in [2.45, 2.75) is 97.3 Å². The van der Waals surface area contributed by atoms with Gasteiger partial charge in [-0.1, -0.05) is 37.6 Å². The van der Waals surface area contributed by atoms with Crippen LogP contribution in [0.25, 0.3) is 0 Å². The molecule has 0 saturated heterocycles. The maximum atomic E-state index is 10.4. The SMILES string of the molecule is CC(C)([CH2][Sn+]([CH2]C(C)(C)c1ccccc1)[CH2]C(C)(C)c1ccccc1)c1ccccc1.CCCCc1ccc(C(=O)[O-])cc1. The molecular weight excluding hydrogens is 643 g/mol. The Hall–Kier alpha value is -2.85. The van der Waals surface area contributed by atoms with Gasteiger partial charge in [-0.3, -0.25) is 0 Å². The Kier molecular flexibility index (Phi) is 13.3. The van der Waals surface area contributed by atoms with E-state index in [-0.39, 0.29) is 21.8 Å². The molecule has 0 aliphatic carbocycles. The third-order valence-corrected chi connectivity index (χ3v) is 20.6. The molecule has 4 rings (SSSR count). The largest absolute Gasteiger partial charge is 0.545 e. The quantitative estimate of drug-likeness (QED) is 0.131. The molecule has 4 aromatic rings. The van der Waals surface area contributed by atoms with E-state index >= 15 is 0 Å². The third kappa shape index (κ3) is 10.9. The number of carbonyl (C=O) groups excluding carboxylic acids is 1. The third-order valence-electron chi connectivity index (χ3n) is 8.75. The van der Waals surface area contributed by atoms with Gasteiger partial charge in [-0.25, -0.2) is 0 Å². The Morgan fingerprint density at radius 2 is 0.909 bits per heavy atom. The smallest absolute Gasteiger partial charge is 0.0715 e. The molecule has 232 valence electrons. The van der Waals surface area contributed by atoms with Crippen molar-refractivity contribution in [3.05, 3.63) is 143 Å². The Morgan fingerprint density at radius 1 is 0.568 bits per heavy atom. The van der Waals surface area contributed by atoms with E-state index in [2.05, 4.69) is 139 Å². The van der Waals surface area contributed by atoms with E-state index in [1.807, 2.05) is 12.1 Å². The summed E-state index contributed by atoms with van der Waals surface area (Å²) >= 11 is -1.84. The van der Waals surface area contributed by atoms with E-state index in [9.17, 15) is 9.90 Å². The van der Waals surface area contributed by atoms with E-state index in [0.717, 1.165) is 19.3 Å². The number of unbranched alkanes of at least 4 members (excludes halogenated alkanes) is 1. The van der Waals surface area contributed by atoms with Gasteiger partial charge in [0.25, 0.3) is 0 Å². The van der Waals surface area contributed by atoms with Gasteiger partial charge in [0.15, 0.2) is 0 Å². The molecule has 0 unspecified atom stereocenters. The van der Waals surface area contributed by atoms with E-state index in [4.69, 9.17) is 0 Å². The molecule has 0 saturated carbocycles. The van der Waals surface area contributed by atoms with E-state index < -0.39 is 25.7 Å². The zero-order valence-corrected chi connectivity index (χ0v) is 30.9. The molecule has 0 N–H and O–H groups in total. The molecule has 3 heteroatoms. The molecule has 0 spiro atoms. The number of hydrogen-bond donors (Lipinski definition) is 0. The molecule has 44 heavy (non-hydrogen) atoms. The van der Waals surface area contributed by atoms with Gasteiger partial charge in [0.1, 0.15) is 0 Å². The van der Waals surface area contributed by atoms with Crippen molar-refractivity contribution >= 4 is 25.7 Å². The number of carboxylic acids is 1. The van der Waals surface area contributed by atoms with E-state index in [1.165, 1.54) is 35.6 Å². The fourth-order valence-corrected chi connectivity index (χ4v) is 19.7. The summed E-state index contributed by atoms with van der Waals surface area (Å²) in [7, 11) is 0. The van der Waals surface area contributed by atoms with Crippen LogP contribution in [-0.2, 0) is 22.7 Å². The zero-order chi connectivity index (χ0) is 32.2. The summed E-state index contributed by atoms with van der Waals surface area (Å²) in [5.74, 6) is -1.11. The molecule has 0 aliphatic rings. The van der Waals surface area contributed by atoms with Crippen LogP contribution in [0, 0.1) is 0 Å². The molecule has 0 aromatic heterocycles. The van der Waals surface area contributed by atoms with Crippen molar-refractivity contribution in [2.24, 2.45) is 0 Å². The second kappa shape index (κ2) is 16.5. The van der Waals surface area contributed by atoms with Crippen molar-refractivity contribution in [1.82, 2.24) is 0 Å². The topological polar surface area (TPSA) is 40.1 Å². The Bertz CT molecular complexity index is 1260. The molecule has 0 heterocycles. The molecule has 0 fully saturated rings. The number of aromatic carboxylic acids is 1. The van der Waals surface area contributed by atoms with Crippen molar-refractivity contribution in [3.63, 3.8) is 0 Å². The predicted molar refractivity (Wildman–Crippen MR) is 188 cm³/mol. The minimum absolute atomic E-state index is 0.232.